The van der Waals surface area contributed by atoms with Crippen molar-refractivity contribution in [2.75, 3.05) is 13.2 Å². The Bertz CT molecular complexity index is 1780. The Morgan fingerprint density at radius 1 is 0.518 bits per heavy atom. The van der Waals surface area contributed by atoms with Gasteiger partial charge in [-0.2, -0.15) is 74.6 Å². The fourth-order valence-electron chi connectivity index (χ4n) is 4.02. The fourth-order valence-corrected chi connectivity index (χ4v) is 6.51. The molecule has 0 fully saturated rings. The van der Waals surface area contributed by atoms with Crippen LogP contribution >= 0.6 is 0 Å². The SMILES string of the molecule is O=S(=O)([O-])C(F)(F)C(Oc1ccc([S+](c2ccc(OCC(O)(C(F)(F)F)C(F)(F)F)cc2)c2ccc(OCC(O)(C(F)(F)F)C(F)(F)F)cc2)cc1)C(F)(F)F. The summed E-state index contributed by atoms with van der Waals surface area (Å²) in [4.78, 5) is -0.136. The van der Waals surface area contributed by atoms with Gasteiger partial charge in [-0.25, -0.2) is 8.42 Å². The molecule has 1 atom stereocenters. The highest BCUT2D eigenvalue weighted by Crippen LogP contribution is 2.45. The van der Waals surface area contributed by atoms with Gasteiger partial charge < -0.3 is 29.0 Å². The number of alkyl halides is 17. The van der Waals surface area contributed by atoms with E-state index < -0.39 is 105 Å². The van der Waals surface area contributed by atoms with Crippen molar-refractivity contribution in [3.8, 4) is 17.2 Å². The number of rotatable bonds is 13. The third-order valence-corrected chi connectivity index (χ3v) is 10.3. The first kappa shape index (κ1) is 46.4. The zero-order valence-electron chi connectivity index (χ0n) is 26.5. The molecule has 3 aromatic carbocycles. The van der Waals surface area contributed by atoms with E-state index in [-0.39, 0.29) is 14.7 Å². The molecule has 0 saturated heterocycles. The highest BCUT2D eigenvalue weighted by molar-refractivity contribution is 7.97. The Labute approximate surface area is 304 Å². The van der Waals surface area contributed by atoms with Crippen LogP contribution in [0.4, 0.5) is 74.6 Å². The van der Waals surface area contributed by atoms with Crippen LogP contribution < -0.4 is 14.2 Å². The molecule has 0 amide bonds. The lowest BCUT2D eigenvalue weighted by atomic mass is 10.0. The molecule has 2 N–H and O–H groups in total. The second-order valence-electron chi connectivity index (χ2n) is 11.1. The molecule has 314 valence electrons. The van der Waals surface area contributed by atoms with Crippen molar-refractivity contribution in [1.29, 1.82) is 0 Å². The second-order valence-corrected chi connectivity index (χ2v) is 14.5. The quantitative estimate of drug-likeness (QED) is 0.102. The Balaban J connectivity index is 2.04. The zero-order chi connectivity index (χ0) is 43.1. The Morgan fingerprint density at radius 3 is 1.02 bits per heavy atom. The van der Waals surface area contributed by atoms with E-state index in [2.05, 4.69) is 14.2 Å². The second kappa shape index (κ2) is 15.4. The van der Waals surface area contributed by atoms with E-state index in [1.165, 1.54) is 0 Å². The molecule has 8 nitrogen and oxygen atoms in total. The Hall–Kier alpha value is -3.95. The summed E-state index contributed by atoms with van der Waals surface area (Å²) < 4.78 is 270. The van der Waals surface area contributed by atoms with Crippen molar-refractivity contribution in [3.05, 3.63) is 72.8 Å². The van der Waals surface area contributed by atoms with Gasteiger partial charge in [0.25, 0.3) is 17.3 Å². The van der Waals surface area contributed by atoms with Gasteiger partial charge in [0.1, 0.15) is 30.5 Å². The zero-order valence-corrected chi connectivity index (χ0v) is 28.1. The van der Waals surface area contributed by atoms with Crippen molar-refractivity contribution in [2.24, 2.45) is 0 Å². The number of benzene rings is 3. The molecular formula is C29H19F17O8S2. The summed E-state index contributed by atoms with van der Waals surface area (Å²) in [6.07, 6.45) is -35.7. The monoisotopic (exact) mass is 882 g/mol. The normalized spacial score (nSPS) is 14.8. The molecular weight excluding hydrogens is 863 g/mol. The lowest BCUT2D eigenvalue weighted by Gasteiger charge is -2.31. The summed E-state index contributed by atoms with van der Waals surface area (Å²) in [6.45, 7) is -4.78. The summed E-state index contributed by atoms with van der Waals surface area (Å²) in [5.41, 5.74) is -10.7. The third-order valence-electron chi connectivity index (χ3n) is 7.14. The van der Waals surface area contributed by atoms with Crippen molar-refractivity contribution in [2.45, 2.75) is 68.1 Å². The van der Waals surface area contributed by atoms with Crippen LogP contribution in [0.25, 0.3) is 0 Å². The van der Waals surface area contributed by atoms with E-state index in [0.29, 0.717) is 12.1 Å². The van der Waals surface area contributed by atoms with Crippen LogP contribution in [0, 0.1) is 0 Å². The van der Waals surface area contributed by atoms with Crippen LogP contribution in [0.2, 0.25) is 0 Å². The molecule has 1 unspecified atom stereocenters. The molecule has 56 heavy (non-hydrogen) atoms. The third kappa shape index (κ3) is 9.76. The van der Waals surface area contributed by atoms with Gasteiger partial charge in [-0.3, -0.25) is 0 Å². The van der Waals surface area contributed by atoms with Gasteiger partial charge in [0.15, 0.2) is 24.8 Å². The Kier molecular flexibility index (Phi) is 12.8. The lowest BCUT2D eigenvalue weighted by molar-refractivity contribution is -0.374. The lowest BCUT2D eigenvalue weighted by Crippen LogP contribution is -2.60. The summed E-state index contributed by atoms with van der Waals surface area (Å²) in [7, 11) is -8.66. The minimum Gasteiger partial charge on any atom is -0.743 e. The highest BCUT2D eigenvalue weighted by atomic mass is 32.2. The molecule has 27 heteroatoms. The number of halogens is 17. The van der Waals surface area contributed by atoms with E-state index in [0.717, 1.165) is 60.7 Å². The van der Waals surface area contributed by atoms with Gasteiger partial charge in [0, 0.05) is 0 Å². The molecule has 0 spiro atoms. The first-order chi connectivity index (χ1) is 25.1. The molecule has 0 aliphatic carbocycles. The summed E-state index contributed by atoms with van der Waals surface area (Å²) in [5.74, 6) is -2.55. The Morgan fingerprint density at radius 2 is 0.786 bits per heavy atom. The van der Waals surface area contributed by atoms with Crippen LogP contribution in [0.15, 0.2) is 87.5 Å². The first-order valence-corrected chi connectivity index (χ1v) is 16.8. The van der Waals surface area contributed by atoms with Crippen LogP contribution in [0.5, 0.6) is 17.2 Å². The van der Waals surface area contributed by atoms with Gasteiger partial charge in [0.05, 0.1) is 10.9 Å². The maximum absolute atomic E-state index is 14.0. The smallest absolute Gasteiger partial charge is 0.432 e. The first-order valence-electron chi connectivity index (χ1n) is 14.2. The molecule has 0 heterocycles. The number of aliphatic hydroxyl groups is 2. The minimum atomic E-state index is -6.96. The summed E-state index contributed by atoms with van der Waals surface area (Å²) in [6, 6.07) is 9.78. The van der Waals surface area contributed by atoms with Crippen LogP contribution in [-0.4, -0.2) is 89.8 Å². The number of hydrogen-bond donors (Lipinski definition) is 2. The highest BCUT2D eigenvalue weighted by Gasteiger charge is 2.72. The summed E-state index contributed by atoms with van der Waals surface area (Å²) in [5, 5.41) is 12.6. The molecule has 3 aromatic rings. The standard InChI is InChI=1S/C29H19F17O8S2/c30-24(31,32)21(25(33,34)56(49,50)51)54-17-5-11-20(12-6-17)55(18-7-1-15(2-8-18)52-13-22(47,26(35,36)37)27(38,39)40)19-9-3-16(4-10-19)53-14-23(48,28(41,42)43)29(44,45)46/h1-12,21,47-48H,13-14H2. The maximum atomic E-state index is 14.0. The van der Waals surface area contributed by atoms with Crippen molar-refractivity contribution >= 4 is 21.0 Å². The van der Waals surface area contributed by atoms with Gasteiger partial charge >= 0.3 is 36.1 Å². The molecule has 0 aliphatic heterocycles. The molecule has 0 aromatic heterocycles. The van der Waals surface area contributed by atoms with E-state index >= 15 is 0 Å². The predicted molar refractivity (Wildman–Crippen MR) is 152 cm³/mol. The molecule has 0 aliphatic rings. The number of hydrogen-bond acceptors (Lipinski definition) is 8. The van der Waals surface area contributed by atoms with E-state index in [1.807, 2.05) is 0 Å². The average Bonchev–Trinajstić information content (AvgIpc) is 3.03. The van der Waals surface area contributed by atoms with E-state index in [1.54, 1.807) is 0 Å². The number of ether oxygens (including phenoxy) is 3. The van der Waals surface area contributed by atoms with E-state index in [9.17, 15) is 97.8 Å². The van der Waals surface area contributed by atoms with Crippen molar-refractivity contribution in [3.63, 3.8) is 0 Å². The van der Waals surface area contributed by atoms with Crippen molar-refractivity contribution < 1.29 is 112 Å². The molecule has 0 saturated carbocycles. The fraction of sp³-hybridized carbons (Fsp3) is 0.379. The van der Waals surface area contributed by atoms with Crippen LogP contribution in [0.3, 0.4) is 0 Å². The van der Waals surface area contributed by atoms with Gasteiger partial charge in [-0.15, -0.1) is 0 Å². The predicted octanol–water partition coefficient (Wildman–Crippen LogP) is 7.70. The van der Waals surface area contributed by atoms with Gasteiger partial charge in [0.2, 0.25) is 0 Å². The van der Waals surface area contributed by atoms with Gasteiger partial charge in [-0.05, 0) is 72.8 Å². The van der Waals surface area contributed by atoms with Crippen LogP contribution in [-0.2, 0) is 21.0 Å². The topological polar surface area (TPSA) is 125 Å². The molecule has 0 bridgehead atoms. The van der Waals surface area contributed by atoms with Crippen molar-refractivity contribution in [1.82, 2.24) is 0 Å². The van der Waals surface area contributed by atoms with E-state index in [4.69, 9.17) is 0 Å². The minimum absolute atomic E-state index is 0.0257. The average molecular weight is 883 g/mol. The largest absolute Gasteiger partial charge is 0.743 e. The maximum Gasteiger partial charge on any atom is 0.432 e. The summed E-state index contributed by atoms with van der Waals surface area (Å²) >= 11 is 0. The molecule has 0 radical (unpaired) electrons. The van der Waals surface area contributed by atoms with Gasteiger partial charge in [-0.1, -0.05) is 0 Å². The molecule has 3 rings (SSSR count). The van der Waals surface area contributed by atoms with Crippen LogP contribution in [0.1, 0.15) is 0 Å².